The number of rotatable bonds is 6. The molecule has 7 heteroatoms. The minimum atomic E-state index is 0.509. The van der Waals surface area contributed by atoms with E-state index >= 15 is 0 Å². The third-order valence-corrected chi connectivity index (χ3v) is 4.52. The Bertz CT molecular complexity index is 722. The minimum absolute atomic E-state index is 0.509. The van der Waals surface area contributed by atoms with Gasteiger partial charge in [0.2, 0.25) is 0 Å². The fourth-order valence-corrected chi connectivity index (χ4v) is 3.22. The Balaban J connectivity index is 1.56. The van der Waals surface area contributed by atoms with Gasteiger partial charge >= 0.3 is 0 Å². The van der Waals surface area contributed by atoms with Crippen molar-refractivity contribution in [2.75, 3.05) is 24.5 Å². The second-order valence-corrected chi connectivity index (χ2v) is 6.30. The van der Waals surface area contributed by atoms with E-state index in [2.05, 4.69) is 68.7 Å². The number of aliphatic imine (C=N–C) groups is 1. The van der Waals surface area contributed by atoms with Crippen LogP contribution in [0.4, 0.5) is 5.69 Å². The average molecular weight is 341 g/mol. The third kappa shape index (κ3) is 4.10. The van der Waals surface area contributed by atoms with E-state index in [0.717, 1.165) is 37.8 Å². The van der Waals surface area contributed by atoms with E-state index < -0.39 is 0 Å². The molecule has 1 aliphatic rings. The maximum Gasteiger partial charge on any atom is 0.191 e. The summed E-state index contributed by atoms with van der Waals surface area (Å²) >= 11 is 0. The molecule has 2 aromatic rings. The highest BCUT2D eigenvalue weighted by Crippen LogP contribution is 2.31. The van der Waals surface area contributed by atoms with Crippen molar-refractivity contribution in [3.8, 4) is 0 Å². The van der Waals surface area contributed by atoms with Crippen LogP contribution in [0.5, 0.6) is 0 Å². The molecule has 2 heterocycles. The van der Waals surface area contributed by atoms with Gasteiger partial charge in [-0.15, -0.1) is 0 Å². The molecule has 7 nitrogen and oxygen atoms in total. The van der Waals surface area contributed by atoms with Gasteiger partial charge in [-0.25, -0.2) is 9.98 Å². The first kappa shape index (κ1) is 17.3. The third-order valence-electron chi connectivity index (χ3n) is 4.52. The Morgan fingerprint density at radius 1 is 1.32 bits per heavy atom. The minimum Gasteiger partial charge on any atom is -0.367 e. The van der Waals surface area contributed by atoms with E-state index in [1.807, 2.05) is 7.05 Å². The van der Waals surface area contributed by atoms with Gasteiger partial charge in [0.1, 0.15) is 18.7 Å². The Hall–Kier alpha value is -2.57. The lowest BCUT2D eigenvalue weighted by Gasteiger charge is -2.25. The van der Waals surface area contributed by atoms with E-state index in [1.54, 1.807) is 11.0 Å². The van der Waals surface area contributed by atoms with Gasteiger partial charge in [0, 0.05) is 38.4 Å². The lowest BCUT2D eigenvalue weighted by molar-refractivity contribution is 0.655. The molecule has 0 amide bonds. The second kappa shape index (κ2) is 8.00. The van der Waals surface area contributed by atoms with Gasteiger partial charge in [-0.1, -0.05) is 18.2 Å². The molecule has 0 saturated carbocycles. The summed E-state index contributed by atoms with van der Waals surface area (Å²) < 4.78 is 1.75. The summed E-state index contributed by atoms with van der Waals surface area (Å²) in [7, 11) is 1.88. The molecule has 1 atom stereocenters. The summed E-state index contributed by atoms with van der Waals surface area (Å²) in [5.41, 5.74) is 2.80. The van der Waals surface area contributed by atoms with Crippen molar-refractivity contribution < 1.29 is 0 Å². The molecule has 1 aliphatic heterocycles. The highest BCUT2D eigenvalue weighted by molar-refractivity contribution is 5.79. The molecule has 1 aromatic heterocycles. The fourth-order valence-electron chi connectivity index (χ4n) is 3.22. The van der Waals surface area contributed by atoms with Crippen LogP contribution in [0.2, 0.25) is 0 Å². The first-order valence-electron chi connectivity index (χ1n) is 8.88. The van der Waals surface area contributed by atoms with Crippen LogP contribution >= 0.6 is 0 Å². The zero-order chi connectivity index (χ0) is 17.6. The van der Waals surface area contributed by atoms with E-state index in [9.17, 15) is 0 Å². The predicted octanol–water partition coefficient (Wildman–Crippen LogP) is 1.32. The molecule has 0 aliphatic carbocycles. The number of nitrogens with zero attached hydrogens (tertiary/aromatic N) is 5. The fraction of sp³-hybridized carbons (Fsp3) is 0.500. The van der Waals surface area contributed by atoms with Crippen molar-refractivity contribution in [3.63, 3.8) is 0 Å². The first-order chi connectivity index (χ1) is 12.2. The van der Waals surface area contributed by atoms with Crippen LogP contribution in [0.1, 0.15) is 25.2 Å². The maximum absolute atomic E-state index is 4.60. The quantitative estimate of drug-likeness (QED) is 0.613. The average Bonchev–Trinajstić information content (AvgIpc) is 3.15. The highest BCUT2D eigenvalue weighted by atomic mass is 15.3. The Morgan fingerprint density at radius 2 is 2.16 bits per heavy atom. The molecule has 134 valence electrons. The van der Waals surface area contributed by atoms with Crippen LogP contribution in [0.15, 0.2) is 35.6 Å². The number of aromatic nitrogens is 3. The van der Waals surface area contributed by atoms with Gasteiger partial charge in [0.25, 0.3) is 0 Å². The van der Waals surface area contributed by atoms with Crippen LogP contribution in [0.25, 0.3) is 0 Å². The Labute approximate surface area is 149 Å². The van der Waals surface area contributed by atoms with Crippen LogP contribution < -0.4 is 15.5 Å². The predicted molar refractivity (Wildman–Crippen MR) is 101 cm³/mol. The molecule has 0 fully saturated rings. The molecule has 0 radical (unpaired) electrons. The largest absolute Gasteiger partial charge is 0.367 e. The molecule has 25 heavy (non-hydrogen) atoms. The molecular weight excluding hydrogens is 314 g/mol. The second-order valence-electron chi connectivity index (χ2n) is 6.30. The van der Waals surface area contributed by atoms with Crippen molar-refractivity contribution in [2.24, 2.45) is 12.0 Å². The van der Waals surface area contributed by atoms with Crippen molar-refractivity contribution in [2.45, 2.75) is 32.9 Å². The van der Waals surface area contributed by atoms with Gasteiger partial charge in [-0.3, -0.25) is 4.68 Å². The molecule has 3 rings (SSSR count). The summed E-state index contributed by atoms with van der Waals surface area (Å²) in [6.45, 7) is 7.48. The van der Waals surface area contributed by atoms with Crippen molar-refractivity contribution in [1.29, 1.82) is 0 Å². The van der Waals surface area contributed by atoms with Gasteiger partial charge in [0.15, 0.2) is 5.96 Å². The number of anilines is 1. The molecule has 0 saturated heterocycles. The van der Waals surface area contributed by atoms with E-state index in [4.69, 9.17) is 0 Å². The van der Waals surface area contributed by atoms with Crippen LogP contribution in [0, 0.1) is 0 Å². The molecule has 0 spiro atoms. The summed E-state index contributed by atoms with van der Waals surface area (Å²) in [6.07, 6.45) is 2.67. The lowest BCUT2D eigenvalue weighted by Crippen LogP contribution is -2.42. The van der Waals surface area contributed by atoms with Crippen molar-refractivity contribution in [3.05, 3.63) is 42.0 Å². The standard InChI is InChI=1S/C18H27N7/c1-4-19-18(21-12-17-22-13-23-24(17)3)20-9-10-25-14(2)11-15-7-5-6-8-16(15)25/h5-8,13-14H,4,9-12H2,1-3H3,(H2,19,20,21). The van der Waals surface area contributed by atoms with Gasteiger partial charge in [-0.05, 0) is 31.9 Å². The van der Waals surface area contributed by atoms with Crippen LogP contribution in [0.3, 0.4) is 0 Å². The van der Waals surface area contributed by atoms with Crippen molar-refractivity contribution >= 4 is 11.6 Å². The summed E-state index contributed by atoms with van der Waals surface area (Å²) in [6, 6.07) is 9.22. The zero-order valence-electron chi connectivity index (χ0n) is 15.2. The van der Waals surface area contributed by atoms with Crippen LogP contribution in [-0.2, 0) is 20.0 Å². The topological polar surface area (TPSA) is 70.4 Å². The first-order valence-corrected chi connectivity index (χ1v) is 8.88. The van der Waals surface area contributed by atoms with Gasteiger partial charge < -0.3 is 15.5 Å². The number of aryl methyl sites for hydroxylation is 1. The SMILES string of the molecule is CCNC(=NCc1ncnn1C)NCCN1c2ccccc2CC1C. The number of hydrogen-bond acceptors (Lipinski definition) is 4. The normalized spacial score (nSPS) is 16.8. The van der Waals surface area contributed by atoms with E-state index in [-0.39, 0.29) is 0 Å². The summed E-state index contributed by atoms with van der Waals surface area (Å²) in [5, 5.41) is 10.8. The monoisotopic (exact) mass is 341 g/mol. The lowest BCUT2D eigenvalue weighted by atomic mass is 10.1. The van der Waals surface area contributed by atoms with E-state index in [0.29, 0.717) is 12.6 Å². The molecular formula is C18H27N7. The Morgan fingerprint density at radius 3 is 2.92 bits per heavy atom. The molecule has 1 unspecified atom stereocenters. The van der Waals surface area contributed by atoms with Gasteiger partial charge in [0.05, 0.1) is 0 Å². The number of nitrogens with one attached hydrogen (secondary N) is 2. The zero-order valence-corrected chi connectivity index (χ0v) is 15.2. The van der Waals surface area contributed by atoms with Gasteiger partial charge in [-0.2, -0.15) is 5.10 Å². The molecule has 0 bridgehead atoms. The smallest absolute Gasteiger partial charge is 0.191 e. The highest BCUT2D eigenvalue weighted by Gasteiger charge is 2.24. The molecule has 1 aromatic carbocycles. The maximum atomic E-state index is 4.60. The number of guanidine groups is 1. The van der Waals surface area contributed by atoms with Crippen molar-refractivity contribution in [1.82, 2.24) is 25.4 Å². The molecule has 2 N–H and O–H groups in total. The summed E-state index contributed by atoms with van der Waals surface area (Å²) in [5.74, 6) is 1.66. The Kier molecular flexibility index (Phi) is 5.53. The van der Waals surface area contributed by atoms with Crippen LogP contribution in [-0.4, -0.2) is 46.4 Å². The number of benzene rings is 1. The number of fused-ring (bicyclic) bond motifs is 1. The number of para-hydroxylation sites is 1. The summed E-state index contributed by atoms with van der Waals surface area (Å²) in [4.78, 5) is 11.3. The number of hydrogen-bond donors (Lipinski definition) is 2. The van der Waals surface area contributed by atoms with E-state index in [1.165, 1.54) is 11.3 Å².